The van der Waals surface area contributed by atoms with E-state index in [1.165, 1.54) is 0 Å². The smallest absolute Gasteiger partial charge is 0.0561 e. The Bertz CT molecular complexity index is 565. The van der Waals surface area contributed by atoms with E-state index in [1.54, 1.807) is 6.21 Å². The van der Waals surface area contributed by atoms with Crippen LogP contribution in [-0.2, 0) is 0 Å². The summed E-state index contributed by atoms with van der Waals surface area (Å²) >= 11 is 6.21. The number of rotatable bonds is 4. The van der Waals surface area contributed by atoms with Gasteiger partial charge in [0.2, 0.25) is 0 Å². The first-order chi connectivity index (χ1) is 9.16. The van der Waals surface area contributed by atoms with Gasteiger partial charge < -0.3 is 4.90 Å². The molecule has 0 atom stereocenters. The molecule has 0 aliphatic rings. The first-order valence-electron chi connectivity index (χ1n) is 5.98. The van der Waals surface area contributed by atoms with Crippen molar-refractivity contribution in [1.82, 2.24) is 0 Å². The standard InChI is InChI=1S/C15H16ClN3/c1-19(2)14-9-8-12(15(16)10-14)11-17-18-13-6-4-3-5-7-13/h3-11,18H,1-2H3. The lowest BCUT2D eigenvalue weighted by Gasteiger charge is -2.13. The molecule has 4 heteroatoms. The molecule has 0 fully saturated rings. The van der Waals surface area contributed by atoms with Gasteiger partial charge in [0.1, 0.15) is 0 Å². The molecule has 2 aromatic rings. The maximum absolute atomic E-state index is 6.21. The minimum atomic E-state index is 0.685. The second kappa shape index (κ2) is 6.25. The Balaban J connectivity index is 2.07. The third-order valence-corrected chi connectivity index (χ3v) is 3.00. The molecule has 19 heavy (non-hydrogen) atoms. The maximum atomic E-state index is 6.21. The normalized spacial score (nSPS) is 10.7. The lowest BCUT2D eigenvalue weighted by molar-refractivity contribution is 1.13. The average molecular weight is 274 g/mol. The van der Waals surface area contributed by atoms with Crippen molar-refractivity contribution in [3.63, 3.8) is 0 Å². The van der Waals surface area contributed by atoms with Crippen molar-refractivity contribution < 1.29 is 0 Å². The van der Waals surface area contributed by atoms with Crippen LogP contribution in [0.15, 0.2) is 53.6 Å². The van der Waals surface area contributed by atoms with Crippen LogP contribution in [0.5, 0.6) is 0 Å². The third kappa shape index (κ3) is 3.73. The summed E-state index contributed by atoms with van der Waals surface area (Å²) in [5.74, 6) is 0. The van der Waals surface area contributed by atoms with Gasteiger partial charge >= 0.3 is 0 Å². The molecule has 0 spiro atoms. The van der Waals surface area contributed by atoms with Crippen LogP contribution in [0.4, 0.5) is 11.4 Å². The minimum absolute atomic E-state index is 0.685. The fourth-order valence-electron chi connectivity index (χ4n) is 1.59. The second-order valence-corrected chi connectivity index (χ2v) is 4.74. The van der Waals surface area contributed by atoms with E-state index in [0.29, 0.717) is 5.02 Å². The molecular formula is C15H16ClN3. The predicted molar refractivity (Wildman–Crippen MR) is 83.4 cm³/mol. The molecule has 3 nitrogen and oxygen atoms in total. The van der Waals surface area contributed by atoms with Crippen molar-refractivity contribution in [2.75, 3.05) is 24.4 Å². The molecule has 0 aliphatic carbocycles. The average Bonchev–Trinajstić information content (AvgIpc) is 2.41. The molecule has 2 rings (SSSR count). The molecule has 0 amide bonds. The van der Waals surface area contributed by atoms with E-state index in [0.717, 1.165) is 16.9 Å². The molecule has 1 N–H and O–H groups in total. The van der Waals surface area contributed by atoms with Gasteiger partial charge in [-0.05, 0) is 30.3 Å². The van der Waals surface area contributed by atoms with E-state index in [4.69, 9.17) is 11.6 Å². The molecule has 0 saturated carbocycles. The molecular weight excluding hydrogens is 258 g/mol. The molecule has 0 heterocycles. The Hall–Kier alpha value is -2.00. The molecule has 0 unspecified atom stereocenters. The summed E-state index contributed by atoms with van der Waals surface area (Å²) in [7, 11) is 3.97. The van der Waals surface area contributed by atoms with Gasteiger partial charge in [-0.3, -0.25) is 5.43 Å². The van der Waals surface area contributed by atoms with E-state index >= 15 is 0 Å². The van der Waals surface area contributed by atoms with Gasteiger partial charge in [0, 0.05) is 25.3 Å². The van der Waals surface area contributed by atoms with Crippen LogP contribution in [0.1, 0.15) is 5.56 Å². The van der Waals surface area contributed by atoms with Gasteiger partial charge in [-0.25, -0.2) is 0 Å². The van der Waals surface area contributed by atoms with Crippen LogP contribution in [0.3, 0.4) is 0 Å². The van der Waals surface area contributed by atoms with Crippen LogP contribution in [0, 0.1) is 0 Å². The van der Waals surface area contributed by atoms with Crippen LogP contribution in [-0.4, -0.2) is 20.3 Å². The van der Waals surface area contributed by atoms with Gasteiger partial charge in [-0.1, -0.05) is 29.8 Å². The Morgan fingerprint density at radius 3 is 2.47 bits per heavy atom. The second-order valence-electron chi connectivity index (χ2n) is 4.34. The van der Waals surface area contributed by atoms with Crippen LogP contribution < -0.4 is 10.3 Å². The SMILES string of the molecule is CN(C)c1ccc(C=NNc2ccccc2)c(Cl)c1. The van der Waals surface area contributed by atoms with E-state index in [2.05, 4.69) is 10.5 Å². The Morgan fingerprint density at radius 1 is 1.11 bits per heavy atom. The Kier molecular flexibility index (Phi) is 4.42. The van der Waals surface area contributed by atoms with Crippen molar-refractivity contribution in [3.8, 4) is 0 Å². The van der Waals surface area contributed by atoms with Crippen molar-refractivity contribution >= 4 is 29.2 Å². The molecule has 2 aromatic carbocycles. The molecule has 0 aromatic heterocycles. The lowest BCUT2D eigenvalue weighted by Crippen LogP contribution is -2.08. The highest BCUT2D eigenvalue weighted by Crippen LogP contribution is 2.21. The number of para-hydroxylation sites is 1. The quantitative estimate of drug-likeness (QED) is 0.677. The predicted octanol–water partition coefficient (Wildman–Crippen LogP) is 3.85. The first-order valence-corrected chi connectivity index (χ1v) is 6.35. The Labute approximate surface area is 118 Å². The van der Waals surface area contributed by atoms with Gasteiger partial charge in [0.15, 0.2) is 0 Å². The summed E-state index contributed by atoms with van der Waals surface area (Å²) in [6.45, 7) is 0. The highest BCUT2D eigenvalue weighted by molar-refractivity contribution is 6.33. The summed E-state index contributed by atoms with van der Waals surface area (Å²) in [5, 5.41) is 4.86. The van der Waals surface area contributed by atoms with Gasteiger partial charge in [0.05, 0.1) is 16.9 Å². The molecule has 0 saturated heterocycles. The van der Waals surface area contributed by atoms with Crippen LogP contribution >= 0.6 is 11.6 Å². The fraction of sp³-hybridized carbons (Fsp3) is 0.133. The van der Waals surface area contributed by atoms with E-state index in [1.807, 2.05) is 67.5 Å². The minimum Gasteiger partial charge on any atom is -0.378 e. The zero-order valence-electron chi connectivity index (χ0n) is 11.0. The molecule has 98 valence electrons. The molecule has 0 bridgehead atoms. The summed E-state index contributed by atoms with van der Waals surface area (Å²) in [6, 6.07) is 15.7. The summed E-state index contributed by atoms with van der Waals surface area (Å²) in [5.41, 5.74) is 5.86. The van der Waals surface area contributed by atoms with Gasteiger partial charge in [0.25, 0.3) is 0 Å². The number of hydrazone groups is 1. The first kappa shape index (κ1) is 13.4. The zero-order chi connectivity index (χ0) is 13.7. The number of nitrogens with one attached hydrogen (secondary N) is 1. The zero-order valence-corrected chi connectivity index (χ0v) is 11.7. The maximum Gasteiger partial charge on any atom is 0.0561 e. The van der Waals surface area contributed by atoms with Crippen molar-refractivity contribution in [2.24, 2.45) is 5.10 Å². The summed E-state index contributed by atoms with van der Waals surface area (Å²) in [6.07, 6.45) is 1.72. The number of halogens is 1. The highest BCUT2D eigenvalue weighted by atomic mass is 35.5. The third-order valence-electron chi connectivity index (χ3n) is 2.67. The number of benzene rings is 2. The van der Waals surface area contributed by atoms with Gasteiger partial charge in [-0.2, -0.15) is 5.10 Å². The largest absolute Gasteiger partial charge is 0.378 e. The van der Waals surface area contributed by atoms with Crippen LogP contribution in [0.25, 0.3) is 0 Å². The highest BCUT2D eigenvalue weighted by Gasteiger charge is 2.01. The molecule has 0 aliphatic heterocycles. The lowest BCUT2D eigenvalue weighted by atomic mass is 10.2. The topological polar surface area (TPSA) is 27.6 Å². The van der Waals surface area contributed by atoms with Crippen LogP contribution in [0.2, 0.25) is 5.02 Å². The van der Waals surface area contributed by atoms with Crippen molar-refractivity contribution in [2.45, 2.75) is 0 Å². The number of anilines is 2. The van der Waals surface area contributed by atoms with E-state index < -0.39 is 0 Å². The fourth-order valence-corrected chi connectivity index (χ4v) is 1.81. The van der Waals surface area contributed by atoms with E-state index in [9.17, 15) is 0 Å². The van der Waals surface area contributed by atoms with E-state index in [-0.39, 0.29) is 0 Å². The number of hydrogen-bond acceptors (Lipinski definition) is 3. The van der Waals surface area contributed by atoms with Gasteiger partial charge in [-0.15, -0.1) is 0 Å². The van der Waals surface area contributed by atoms with Crippen molar-refractivity contribution in [1.29, 1.82) is 0 Å². The number of hydrogen-bond donors (Lipinski definition) is 1. The number of nitrogens with zero attached hydrogens (tertiary/aromatic N) is 2. The van der Waals surface area contributed by atoms with Crippen molar-refractivity contribution in [3.05, 3.63) is 59.1 Å². The summed E-state index contributed by atoms with van der Waals surface area (Å²) < 4.78 is 0. The monoisotopic (exact) mass is 273 g/mol. The summed E-state index contributed by atoms with van der Waals surface area (Å²) in [4.78, 5) is 2.01. The Morgan fingerprint density at radius 2 is 1.84 bits per heavy atom. The molecule has 0 radical (unpaired) electrons.